The van der Waals surface area contributed by atoms with E-state index in [1.54, 1.807) is 6.07 Å². The number of ether oxygens (including phenoxy) is 1. The molecule has 0 atom stereocenters. The largest absolute Gasteiger partial charge is 0.370 e. The van der Waals surface area contributed by atoms with Gasteiger partial charge in [-0.15, -0.1) is 0 Å². The Balaban J connectivity index is 2.52. The fourth-order valence-corrected chi connectivity index (χ4v) is 1.39. The van der Waals surface area contributed by atoms with E-state index < -0.39 is 11.7 Å². The molecule has 6 heteroatoms. The Kier molecular flexibility index (Phi) is 5.37. The van der Waals surface area contributed by atoms with Crippen LogP contribution in [-0.2, 0) is 9.53 Å². The molecule has 88 valence electrons. The number of nitrogens with two attached hydrogens (primary N) is 1. The average Bonchev–Trinajstić information content (AvgIpc) is 2.24. The van der Waals surface area contributed by atoms with Gasteiger partial charge in [0.15, 0.2) is 0 Å². The minimum Gasteiger partial charge on any atom is -0.370 e. The summed E-state index contributed by atoms with van der Waals surface area (Å²) in [6.07, 6.45) is 0. The smallest absolute Gasteiger partial charge is 0.250 e. The van der Waals surface area contributed by atoms with Crippen molar-refractivity contribution in [3.05, 3.63) is 28.5 Å². The Labute approximate surface area is 101 Å². The third-order valence-corrected chi connectivity index (χ3v) is 2.19. The van der Waals surface area contributed by atoms with Crippen molar-refractivity contribution in [2.24, 2.45) is 5.73 Å². The fourth-order valence-electron chi connectivity index (χ4n) is 1.03. The number of halogens is 2. The molecule has 0 aliphatic rings. The predicted molar refractivity (Wildman–Crippen MR) is 62.6 cm³/mol. The highest BCUT2D eigenvalue weighted by Gasteiger charge is 2.07. The lowest BCUT2D eigenvalue weighted by atomic mass is 10.3. The van der Waals surface area contributed by atoms with Gasteiger partial charge in [-0.3, -0.25) is 4.79 Å². The van der Waals surface area contributed by atoms with E-state index in [1.165, 1.54) is 12.1 Å². The van der Waals surface area contributed by atoms with Crippen molar-refractivity contribution >= 4 is 27.5 Å². The van der Waals surface area contributed by atoms with Crippen molar-refractivity contribution in [2.75, 3.05) is 25.1 Å². The average molecular weight is 291 g/mol. The maximum atomic E-state index is 13.2. The quantitative estimate of drug-likeness (QED) is 0.808. The number of benzene rings is 1. The van der Waals surface area contributed by atoms with Crippen LogP contribution >= 0.6 is 15.9 Å². The van der Waals surface area contributed by atoms with Gasteiger partial charge in [0.25, 0.3) is 0 Å². The van der Waals surface area contributed by atoms with E-state index in [0.29, 0.717) is 17.6 Å². The Bertz CT molecular complexity index is 374. The first-order valence-electron chi connectivity index (χ1n) is 4.66. The molecule has 0 radical (unpaired) electrons. The van der Waals surface area contributed by atoms with Crippen LogP contribution in [0, 0.1) is 5.82 Å². The Morgan fingerprint density at radius 3 is 3.00 bits per heavy atom. The van der Waals surface area contributed by atoms with Gasteiger partial charge in [-0.25, -0.2) is 4.39 Å². The maximum absolute atomic E-state index is 13.2. The number of nitrogens with one attached hydrogen (secondary N) is 1. The van der Waals surface area contributed by atoms with E-state index in [-0.39, 0.29) is 12.3 Å². The normalized spacial score (nSPS) is 10.2. The standard InChI is InChI=1S/C10H12BrFN2O2/c11-7-1-2-8(12)9(5-7)14-10(15)6-16-4-3-13/h1-2,5H,3-4,6,13H2,(H,14,15). The molecular weight excluding hydrogens is 279 g/mol. The van der Waals surface area contributed by atoms with Crippen molar-refractivity contribution < 1.29 is 13.9 Å². The first kappa shape index (κ1) is 13.1. The third kappa shape index (κ3) is 4.26. The second-order valence-electron chi connectivity index (χ2n) is 3.01. The summed E-state index contributed by atoms with van der Waals surface area (Å²) in [5.41, 5.74) is 5.31. The van der Waals surface area contributed by atoms with Crippen LogP contribution in [0.2, 0.25) is 0 Å². The van der Waals surface area contributed by atoms with Gasteiger partial charge in [-0.1, -0.05) is 15.9 Å². The zero-order chi connectivity index (χ0) is 12.0. The van der Waals surface area contributed by atoms with E-state index >= 15 is 0 Å². The Morgan fingerprint density at radius 2 is 2.31 bits per heavy atom. The van der Waals surface area contributed by atoms with Crippen LogP contribution in [0.1, 0.15) is 0 Å². The Hall–Kier alpha value is -0.980. The van der Waals surface area contributed by atoms with Crippen molar-refractivity contribution in [3.63, 3.8) is 0 Å². The predicted octanol–water partition coefficient (Wildman–Crippen LogP) is 1.50. The zero-order valence-electron chi connectivity index (χ0n) is 8.50. The van der Waals surface area contributed by atoms with E-state index in [9.17, 15) is 9.18 Å². The summed E-state index contributed by atoms with van der Waals surface area (Å²) in [4.78, 5) is 11.3. The molecular formula is C10H12BrFN2O2. The highest BCUT2D eigenvalue weighted by Crippen LogP contribution is 2.19. The molecule has 0 bridgehead atoms. The summed E-state index contributed by atoms with van der Waals surface area (Å²) in [5.74, 6) is -0.902. The van der Waals surface area contributed by atoms with Gasteiger partial charge in [-0.05, 0) is 18.2 Å². The lowest BCUT2D eigenvalue weighted by molar-refractivity contribution is -0.120. The van der Waals surface area contributed by atoms with Crippen molar-refractivity contribution in [3.8, 4) is 0 Å². The summed E-state index contributed by atoms with van der Waals surface area (Å²) < 4.78 is 18.8. The van der Waals surface area contributed by atoms with Crippen LogP contribution in [0.15, 0.2) is 22.7 Å². The molecule has 0 aromatic heterocycles. The second kappa shape index (κ2) is 6.57. The van der Waals surface area contributed by atoms with Gasteiger partial charge >= 0.3 is 0 Å². The van der Waals surface area contributed by atoms with Crippen molar-refractivity contribution in [1.82, 2.24) is 0 Å². The third-order valence-electron chi connectivity index (χ3n) is 1.70. The summed E-state index contributed by atoms with van der Waals surface area (Å²) in [6, 6.07) is 4.30. The summed E-state index contributed by atoms with van der Waals surface area (Å²) in [7, 11) is 0. The molecule has 3 N–H and O–H groups in total. The highest BCUT2D eigenvalue weighted by atomic mass is 79.9. The van der Waals surface area contributed by atoms with E-state index in [4.69, 9.17) is 10.5 Å². The van der Waals surface area contributed by atoms with Gasteiger partial charge < -0.3 is 15.8 Å². The molecule has 1 rings (SSSR count). The van der Waals surface area contributed by atoms with Crippen LogP contribution in [-0.4, -0.2) is 25.7 Å². The lowest BCUT2D eigenvalue weighted by Crippen LogP contribution is -2.21. The Morgan fingerprint density at radius 1 is 1.56 bits per heavy atom. The molecule has 0 saturated carbocycles. The molecule has 4 nitrogen and oxygen atoms in total. The monoisotopic (exact) mass is 290 g/mol. The molecule has 0 aliphatic heterocycles. The molecule has 16 heavy (non-hydrogen) atoms. The zero-order valence-corrected chi connectivity index (χ0v) is 10.1. The molecule has 1 aromatic carbocycles. The van der Waals surface area contributed by atoms with Gasteiger partial charge in [0, 0.05) is 11.0 Å². The lowest BCUT2D eigenvalue weighted by Gasteiger charge is -2.07. The summed E-state index contributed by atoms with van der Waals surface area (Å²) in [5, 5.41) is 2.40. The minimum atomic E-state index is -0.490. The molecule has 0 spiro atoms. The minimum absolute atomic E-state index is 0.121. The number of amides is 1. The summed E-state index contributed by atoms with van der Waals surface area (Å²) in [6.45, 7) is 0.510. The van der Waals surface area contributed by atoms with Crippen LogP contribution < -0.4 is 11.1 Å². The number of carbonyl (C=O) groups is 1. The first-order chi connectivity index (χ1) is 7.63. The van der Waals surface area contributed by atoms with Crippen LogP contribution in [0.3, 0.4) is 0 Å². The van der Waals surface area contributed by atoms with E-state index in [1.807, 2.05) is 0 Å². The molecule has 0 saturated heterocycles. The number of carbonyl (C=O) groups excluding carboxylic acids is 1. The number of anilines is 1. The molecule has 0 heterocycles. The molecule has 0 unspecified atom stereocenters. The maximum Gasteiger partial charge on any atom is 0.250 e. The van der Waals surface area contributed by atoms with Gasteiger partial charge in [0.1, 0.15) is 12.4 Å². The van der Waals surface area contributed by atoms with E-state index in [2.05, 4.69) is 21.2 Å². The highest BCUT2D eigenvalue weighted by molar-refractivity contribution is 9.10. The van der Waals surface area contributed by atoms with Crippen LogP contribution in [0.25, 0.3) is 0 Å². The molecule has 0 fully saturated rings. The molecule has 1 amide bonds. The first-order valence-corrected chi connectivity index (χ1v) is 5.45. The summed E-state index contributed by atoms with van der Waals surface area (Å²) >= 11 is 3.18. The van der Waals surface area contributed by atoms with Crippen LogP contribution in [0.5, 0.6) is 0 Å². The van der Waals surface area contributed by atoms with Crippen LogP contribution in [0.4, 0.5) is 10.1 Å². The van der Waals surface area contributed by atoms with E-state index in [0.717, 1.165) is 0 Å². The SMILES string of the molecule is NCCOCC(=O)Nc1cc(Br)ccc1F. The number of rotatable bonds is 5. The topological polar surface area (TPSA) is 64.3 Å². The van der Waals surface area contributed by atoms with Crippen molar-refractivity contribution in [2.45, 2.75) is 0 Å². The second-order valence-corrected chi connectivity index (χ2v) is 3.93. The number of hydrogen-bond donors (Lipinski definition) is 2. The fraction of sp³-hybridized carbons (Fsp3) is 0.300. The molecule has 1 aromatic rings. The number of hydrogen-bond acceptors (Lipinski definition) is 3. The van der Waals surface area contributed by atoms with Crippen molar-refractivity contribution in [1.29, 1.82) is 0 Å². The van der Waals surface area contributed by atoms with Gasteiger partial charge in [-0.2, -0.15) is 0 Å². The van der Waals surface area contributed by atoms with Gasteiger partial charge in [0.2, 0.25) is 5.91 Å². The van der Waals surface area contributed by atoms with Gasteiger partial charge in [0.05, 0.1) is 12.3 Å². The molecule has 0 aliphatic carbocycles.